The molecule has 3 aliphatic rings. The van der Waals surface area contributed by atoms with Gasteiger partial charge in [-0.25, -0.2) is 4.79 Å². The van der Waals surface area contributed by atoms with Gasteiger partial charge in [-0.15, -0.1) is 0 Å². The van der Waals surface area contributed by atoms with Gasteiger partial charge in [0, 0.05) is 31.5 Å². The zero-order valence-electron chi connectivity index (χ0n) is 20.0. The number of hydrogen-bond acceptors (Lipinski definition) is 4. The molecule has 0 radical (unpaired) electrons. The molecule has 2 N–H and O–H groups in total. The third-order valence-electron chi connectivity index (χ3n) is 8.21. The summed E-state index contributed by atoms with van der Waals surface area (Å²) in [6.45, 7) is 2.66. The lowest BCUT2D eigenvalue weighted by molar-refractivity contribution is -0.166. The van der Waals surface area contributed by atoms with E-state index in [-0.39, 0.29) is 43.5 Å². The second-order valence-electron chi connectivity index (χ2n) is 10.2. The summed E-state index contributed by atoms with van der Waals surface area (Å²) >= 11 is 0. The zero-order valence-corrected chi connectivity index (χ0v) is 20.0. The molecule has 35 heavy (non-hydrogen) atoms. The maximum atomic E-state index is 12.8. The van der Waals surface area contributed by atoms with Gasteiger partial charge in [0.15, 0.2) is 0 Å². The minimum Gasteiger partial charge on any atom is -0.481 e. The molecule has 2 aliphatic carbocycles. The number of aliphatic carboxylic acids is 1. The van der Waals surface area contributed by atoms with Gasteiger partial charge in [0.1, 0.15) is 12.0 Å². The average molecular weight is 477 g/mol. The lowest BCUT2D eigenvalue weighted by Crippen LogP contribution is -2.62. The minimum atomic E-state index is -0.834. The highest BCUT2D eigenvalue weighted by molar-refractivity contribution is 5.83. The van der Waals surface area contributed by atoms with Crippen molar-refractivity contribution in [2.75, 3.05) is 19.7 Å². The van der Waals surface area contributed by atoms with Gasteiger partial charge in [-0.2, -0.15) is 0 Å². The van der Waals surface area contributed by atoms with E-state index in [0.29, 0.717) is 12.8 Å². The fraction of sp³-hybridized carbons (Fsp3) is 0.464. The van der Waals surface area contributed by atoms with Crippen molar-refractivity contribution in [2.24, 2.45) is 11.3 Å². The van der Waals surface area contributed by atoms with Gasteiger partial charge in [0.25, 0.3) is 0 Å². The Morgan fingerprint density at radius 2 is 1.66 bits per heavy atom. The summed E-state index contributed by atoms with van der Waals surface area (Å²) in [7, 11) is 0. The number of carboxylic acids is 1. The van der Waals surface area contributed by atoms with Crippen LogP contribution >= 0.6 is 0 Å². The molecule has 2 atom stereocenters. The molecule has 2 aromatic rings. The number of benzene rings is 2. The first-order valence-electron chi connectivity index (χ1n) is 12.5. The smallest absolute Gasteiger partial charge is 0.407 e. The van der Waals surface area contributed by atoms with Crippen LogP contribution < -0.4 is 5.32 Å². The largest absolute Gasteiger partial charge is 0.481 e. The third kappa shape index (κ3) is 4.28. The SMILES string of the molecule is CCC1(C(=O)O)CN(C(=O)C[C@@H]2CCC[C@H]2NC(=O)OCC2c3ccccc3-c3ccccc32)C1. The van der Waals surface area contributed by atoms with Gasteiger partial charge in [-0.05, 0) is 47.4 Å². The number of nitrogens with zero attached hydrogens (tertiary/aromatic N) is 1. The van der Waals surface area contributed by atoms with Crippen LogP contribution in [0.2, 0.25) is 0 Å². The lowest BCUT2D eigenvalue weighted by Gasteiger charge is -2.47. The standard InChI is InChI=1S/C28H32N2O5/c1-2-28(26(32)33)16-30(17-28)25(31)14-18-8-7-13-24(18)29-27(34)35-15-23-21-11-5-3-9-19(21)20-10-4-6-12-22(20)23/h3-6,9-12,18,23-24H,2,7-8,13-17H2,1H3,(H,29,34)(H,32,33)/t18-,24+/m0/s1. The van der Waals surface area contributed by atoms with Crippen LogP contribution in [-0.4, -0.2) is 53.7 Å². The Morgan fingerprint density at radius 1 is 1.03 bits per heavy atom. The zero-order chi connectivity index (χ0) is 24.6. The predicted octanol–water partition coefficient (Wildman–Crippen LogP) is 4.41. The molecule has 0 aromatic heterocycles. The van der Waals surface area contributed by atoms with Crippen LogP contribution in [0, 0.1) is 11.3 Å². The molecule has 5 rings (SSSR count). The molecule has 0 unspecified atom stereocenters. The molecule has 1 saturated heterocycles. The van der Waals surface area contributed by atoms with Crippen molar-refractivity contribution in [1.82, 2.24) is 10.2 Å². The third-order valence-corrected chi connectivity index (χ3v) is 8.21. The average Bonchev–Trinajstić information content (AvgIpc) is 3.39. The van der Waals surface area contributed by atoms with Crippen LogP contribution in [0.5, 0.6) is 0 Å². The first-order valence-corrected chi connectivity index (χ1v) is 12.5. The number of fused-ring (bicyclic) bond motifs is 3. The quantitative estimate of drug-likeness (QED) is 0.617. The van der Waals surface area contributed by atoms with Crippen LogP contribution in [0.3, 0.4) is 0 Å². The van der Waals surface area contributed by atoms with E-state index < -0.39 is 17.5 Å². The highest BCUT2D eigenvalue weighted by Gasteiger charge is 2.50. The van der Waals surface area contributed by atoms with E-state index in [9.17, 15) is 19.5 Å². The van der Waals surface area contributed by atoms with Crippen LogP contribution in [0.25, 0.3) is 11.1 Å². The summed E-state index contributed by atoms with van der Waals surface area (Å²) in [4.78, 5) is 38.6. The maximum absolute atomic E-state index is 12.8. The Morgan fingerprint density at radius 3 is 2.26 bits per heavy atom. The van der Waals surface area contributed by atoms with Gasteiger partial charge in [-0.3, -0.25) is 9.59 Å². The van der Waals surface area contributed by atoms with Crippen LogP contribution in [0.1, 0.15) is 56.1 Å². The summed E-state index contributed by atoms with van der Waals surface area (Å²) in [5.41, 5.74) is 3.92. The fourth-order valence-corrected chi connectivity index (χ4v) is 5.99. The Kier molecular flexibility index (Phi) is 6.26. The molecule has 184 valence electrons. The van der Waals surface area contributed by atoms with Crippen molar-refractivity contribution < 1.29 is 24.2 Å². The molecule has 7 heteroatoms. The monoisotopic (exact) mass is 476 g/mol. The molecule has 1 saturated carbocycles. The van der Waals surface area contributed by atoms with E-state index >= 15 is 0 Å². The summed E-state index contributed by atoms with van der Waals surface area (Å²) in [5.74, 6) is -0.806. The Hall–Kier alpha value is -3.35. The summed E-state index contributed by atoms with van der Waals surface area (Å²) in [6.07, 6.45) is 3.02. The van der Waals surface area contributed by atoms with Crippen LogP contribution in [-0.2, 0) is 14.3 Å². The van der Waals surface area contributed by atoms with E-state index in [4.69, 9.17) is 4.74 Å². The molecule has 2 aromatic carbocycles. The van der Waals surface area contributed by atoms with Gasteiger partial charge in [-0.1, -0.05) is 61.9 Å². The van der Waals surface area contributed by atoms with Gasteiger partial charge in [0.2, 0.25) is 5.91 Å². The van der Waals surface area contributed by atoms with Crippen molar-refractivity contribution in [3.05, 3.63) is 59.7 Å². The van der Waals surface area contributed by atoms with Crippen molar-refractivity contribution in [3.63, 3.8) is 0 Å². The topological polar surface area (TPSA) is 95.9 Å². The first kappa shape index (κ1) is 23.4. The van der Waals surface area contributed by atoms with Gasteiger partial charge >= 0.3 is 12.1 Å². The second kappa shape index (κ2) is 9.36. The maximum Gasteiger partial charge on any atom is 0.407 e. The number of amides is 2. The predicted molar refractivity (Wildman–Crippen MR) is 131 cm³/mol. The lowest BCUT2D eigenvalue weighted by atomic mass is 9.77. The highest BCUT2D eigenvalue weighted by Crippen LogP contribution is 2.44. The number of rotatable bonds is 7. The highest BCUT2D eigenvalue weighted by atomic mass is 16.5. The molecule has 2 amide bonds. The first-order chi connectivity index (χ1) is 16.9. The molecule has 0 bridgehead atoms. The van der Waals surface area contributed by atoms with E-state index in [1.165, 1.54) is 22.3 Å². The van der Waals surface area contributed by atoms with Crippen molar-refractivity contribution in [2.45, 2.75) is 51.0 Å². The number of carboxylic acid groups (broad SMARTS) is 1. The minimum absolute atomic E-state index is 0.00795. The number of nitrogens with one attached hydrogen (secondary N) is 1. The van der Waals surface area contributed by atoms with E-state index in [0.717, 1.165) is 19.3 Å². The van der Waals surface area contributed by atoms with E-state index in [1.807, 2.05) is 31.2 Å². The molecule has 1 aliphatic heterocycles. The van der Waals surface area contributed by atoms with Gasteiger partial charge in [0.05, 0.1) is 0 Å². The Bertz CT molecular complexity index is 1090. The fourth-order valence-electron chi connectivity index (χ4n) is 5.99. The van der Waals surface area contributed by atoms with E-state index in [2.05, 4.69) is 29.6 Å². The van der Waals surface area contributed by atoms with Crippen molar-refractivity contribution >= 4 is 18.0 Å². The Balaban J connectivity index is 1.15. The molecular weight excluding hydrogens is 444 g/mol. The summed E-state index contributed by atoms with van der Waals surface area (Å²) in [5, 5.41) is 12.4. The van der Waals surface area contributed by atoms with E-state index in [1.54, 1.807) is 4.90 Å². The number of alkyl carbamates (subject to hydrolysis) is 1. The number of likely N-dealkylation sites (tertiary alicyclic amines) is 1. The molecule has 1 heterocycles. The Labute approximate surface area is 205 Å². The number of carbonyl (C=O) groups excluding carboxylic acids is 2. The molecule has 2 fully saturated rings. The van der Waals surface area contributed by atoms with Crippen LogP contribution in [0.15, 0.2) is 48.5 Å². The van der Waals surface area contributed by atoms with Crippen molar-refractivity contribution in [3.8, 4) is 11.1 Å². The van der Waals surface area contributed by atoms with Crippen molar-refractivity contribution in [1.29, 1.82) is 0 Å². The summed E-state index contributed by atoms with van der Waals surface area (Å²) in [6, 6.07) is 16.4. The second-order valence-corrected chi connectivity index (χ2v) is 10.2. The molecule has 7 nitrogen and oxygen atoms in total. The number of carbonyl (C=O) groups is 3. The molecule has 0 spiro atoms. The van der Waals surface area contributed by atoms with Gasteiger partial charge < -0.3 is 20.1 Å². The normalized spacial score (nSPS) is 22.1. The number of ether oxygens (including phenoxy) is 1. The molecular formula is C28H32N2O5. The summed E-state index contributed by atoms with van der Waals surface area (Å²) < 4.78 is 5.69. The number of hydrogen-bond donors (Lipinski definition) is 2. The van der Waals surface area contributed by atoms with Crippen LogP contribution in [0.4, 0.5) is 4.79 Å².